The molecule has 2 unspecified atom stereocenters. The summed E-state index contributed by atoms with van der Waals surface area (Å²) in [5.41, 5.74) is 0.503. The largest absolute Gasteiger partial charge is 0.377 e. The first-order valence-corrected chi connectivity index (χ1v) is 9.65. The molecule has 1 amide bonds. The number of thiazole rings is 1. The molecule has 26 heavy (non-hydrogen) atoms. The van der Waals surface area contributed by atoms with Gasteiger partial charge in [-0.15, -0.1) is 0 Å². The molecule has 2 fully saturated rings. The molecule has 2 aliphatic rings. The highest BCUT2D eigenvalue weighted by Gasteiger charge is 2.46. The van der Waals surface area contributed by atoms with Crippen LogP contribution in [-0.4, -0.2) is 60.8 Å². The quantitative estimate of drug-likeness (QED) is 0.885. The lowest BCUT2D eigenvalue weighted by Gasteiger charge is -2.44. The van der Waals surface area contributed by atoms with E-state index >= 15 is 0 Å². The van der Waals surface area contributed by atoms with Crippen molar-refractivity contribution in [3.63, 3.8) is 0 Å². The Kier molecular flexibility index (Phi) is 4.92. The fourth-order valence-electron chi connectivity index (χ4n) is 3.92. The number of fused-ring (bicyclic) bond motifs is 1. The van der Waals surface area contributed by atoms with Crippen LogP contribution >= 0.6 is 11.3 Å². The smallest absolute Gasteiger partial charge is 0.240 e. The van der Waals surface area contributed by atoms with Gasteiger partial charge in [-0.2, -0.15) is 0 Å². The van der Waals surface area contributed by atoms with Gasteiger partial charge in [0.05, 0.1) is 28.5 Å². The van der Waals surface area contributed by atoms with Crippen molar-refractivity contribution < 1.29 is 18.7 Å². The number of ether oxygens (including phenoxy) is 2. The van der Waals surface area contributed by atoms with Crippen molar-refractivity contribution in [1.82, 2.24) is 9.88 Å². The Morgan fingerprint density at radius 2 is 2.42 bits per heavy atom. The van der Waals surface area contributed by atoms with Crippen LogP contribution in [0.3, 0.4) is 0 Å². The molecule has 2 aliphatic heterocycles. The van der Waals surface area contributed by atoms with Crippen LogP contribution in [0.4, 0.5) is 9.52 Å². The fourth-order valence-corrected chi connectivity index (χ4v) is 4.82. The maximum Gasteiger partial charge on any atom is 0.240 e. The maximum atomic E-state index is 13.3. The van der Waals surface area contributed by atoms with Crippen LogP contribution in [0.5, 0.6) is 0 Å². The second kappa shape index (κ2) is 7.19. The molecule has 140 valence electrons. The minimum atomic E-state index is -0.305. The van der Waals surface area contributed by atoms with Gasteiger partial charge < -0.3 is 14.8 Å². The third kappa shape index (κ3) is 3.46. The minimum absolute atomic E-state index is 0.0167. The van der Waals surface area contributed by atoms with Crippen molar-refractivity contribution in [1.29, 1.82) is 0 Å². The summed E-state index contributed by atoms with van der Waals surface area (Å²) in [6, 6.07) is 4.41. The Balaban J connectivity index is 1.37. The SMILES string of the molecule is COC1CN(CC(=O)Nc2nc3ccc(F)cc3s2)CCC12CCCO2. The fraction of sp³-hybridized carbons (Fsp3) is 0.556. The zero-order chi connectivity index (χ0) is 18.1. The maximum absolute atomic E-state index is 13.3. The number of halogens is 1. The molecule has 8 heteroatoms. The van der Waals surface area contributed by atoms with Gasteiger partial charge in [0, 0.05) is 26.8 Å². The van der Waals surface area contributed by atoms with Crippen molar-refractivity contribution in [2.75, 3.05) is 38.7 Å². The number of carbonyl (C=O) groups excluding carboxylic acids is 1. The van der Waals surface area contributed by atoms with Gasteiger partial charge in [0.25, 0.3) is 0 Å². The molecule has 2 aromatic rings. The molecule has 2 atom stereocenters. The van der Waals surface area contributed by atoms with Crippen molar-refractivity contribution in [3.8, 4) is 0 Å². The summed E-state index contributed by atoms with van der Waals surface area (Å²) >= 11 is 1.28. The number of nitrogens with one attached hydrogen (secondary N) is 1. The molecule has 1 aromatic heterocycles. The first-order valence-electron chi connectivity index (χ1n) is 8.83. The van der Waals surface area contributed by atoms with Gasteiger partial charge in [-0.25, -0.2) is 9.37 Å². The lowest BCUT2D eigenvalue weighted by Crippen LogP contribution is -2.57. The van der Waals surface area contributed by atoms with Gasteiger partial charge in [0.1, 0.15) is 5.82 Å². The molecule has 2 saturated heterocycles. The van der Waals surface area contributed by atoms with E-state index in [1.54, 1.807) is 13.2 Å². The van der Waals surface area contributed by atoms with E-state index in [9.17, 15) is 9.18 Å². The van der Waals surface area contributed by atoms with Crippen molar-refractivity contribution in [2.45, 2.75) is 31.0 Å². The van der Waals surface area contributed by atoms with E-state index in [4.69, 9.17) is 9.47 Å². The average Bonchev–Trinajstić information content (AvgIpc) is 3.23. The van der Waals surface area contributed by atoms with E-state index in [0.29, 0.717) is 17.2 Å². The molecule has 0 radical (unpaired) electrons. The van der Waals surface area contributed by atoms with Crippen LogP contribution in [0.15, 0.2) is 18.2 Å². The Hall–Kier alpha value is -1.61. The van der Waals surface area contributed by atoms with E-state index < -0.39 is 0 Å². The highest BCUT2D eigenvalue weighted by molar-refractivity contribution is 7.22. The lowest BCUT2D eigenvalue weighted by molar-refractivity contribution is -0.145. The van der Waals surface area contributed by atoms with Crippen LogP contribution in [0.2, 0.25) is 0 Å². The minimum Gasteiger partial charge on any atom is -0.377 e. The summed E-state index contributed by atoms with van der Waals surface area (Å²) in [5.74, 6) is -0.427. The van der Waals surface area contributed by atoms with Gasteiger partial charge in [0.15, 0.2) is 5.13 Å². The van der Waals surface area contributed by atoms with Crippen LogP contribution in [0.1, 0.15) is 19.3 Å². The van der Waals surface area contributed by atoms with E-state index in [0.717, 1.165) is 37.1 Å². The number of rotatable bonds is 4. The van der Waals surface area contributed by atoms with Crippen LogP contribution < -0.4 is 5.32 Å². The predicted octanol–water partition coefficient (Wildman–Crippen LogP) is 2.64. The molecule has 4 rings (SSSR count). The third-order valence-corrected chi connectivity index (χ3v) is 6.18. The number of likely N-dealkylation sites (tertiary alicyclic amines) is 1. The number of piperidine rings is 1. The molecule has 1 N–H and O–H groups in total. The molecule has 6 nitrogen and oxygen atoms in total. The number of nitrogens with zero attached hydrogens (tertiary/aromatic N) is 2. The molecule has 3 heterocycles. The number of methoxy groups -OCH3 is 1. The zero-order valence-electron chi connectivity index (χ0n) is 14.7. The number of carbonyl (C=O) groups is 1. The summed E-state index contributed by atoms with van der Waals surface area (Å²) < 4.78 is 25.6. The molecular formula is C18H22FN3O3S. The molecule has 1 spiro atoms. The number of anilines is 1. The van der Waals surface area contributed by atoms with Gasteiger partial charge in [0.2, 0.25) is 5.91 Å². The molecule has 0 bridgehead atoms. The molecular weight excluding hydrogens is 357 g/mol. The lowest BCUT2D eigenvalue weighted by atomic mass is 9.86. The van der Waals surface area contributed by atoms with Crippen molar-refractivity contribution in [3.05, 3.63) is 24.0 Å². The second-order valence-corrected chi connectivity index (χ2v) is 7.94. The van der Waals surface area contributed by atoms with Gasteiger partial charge in [-0.1, -0.05) is 11.3 Å². The summed E-state index contributed by atoms with van der Waals surface area (Å²) in [4.78, 5) is 18.8. The summed E-state index contributed by atoms with van der Waals surface area (Å²) in [6.07, 6.45) is 2.95. The van der Waals surface area contributed by atoms with E-state index in [1.807, 2.05) is 0 Å². The Morgan fingerprint density at radius 1 is 1.54 bits per heavy atom. The van der Waals surface area contributed by atoms with Gasteiger partial charge in [-0.05, 0) is 37.5 Å². The van der Waals surface area contributed by atoms with E-state index in [2.05, 4.69) is 15.2 Å². The molecule has 0 aliphatic carbocycles. The predicted molar refractivity (Wildman–Crippen MR) is 98.0 cm³/mol. The number of benzene rings is 1. The monoisotopic (exact) mass is 379 g/mol. The van der Waals surface area contributed by atoms with E-state index in [-0.39, 0.29) is 30.0 Å². The highest BCUT2D eigenvalue weighted by atomic mass is 32.1. The number of hydrogen-bond acceptors (Lipinski definition) is 6. The normalized spacial score (nSPS) is 26.6. The van der Waals surface area contributed by atoms with E-state index in [1.165, 1.54) is 23.5 Å². The number of aromatic nitrogens is 1. The summed E-state index contributed by atoms with van der Waals surface area (Å²) in [7, 11) is 1.71. The highest BCUT2D eigenvalue weighted by Crippen LogP contribution is 2.37. The van der Waals surface area contributed by atoms with Gasteiger partial charge in [-0.3, -0.25) is 9.69 Å². The standard InChI is InChI=1S/C18H22FN3O3S/c1-24-15-10-22(7-6-18(15)5-2-8-25-18)11-16(23)21-17-20-13-4-3-12(19)9-14(13)26-17/h3-4,9,15H,2,5-8,10-11H2,1H3,(H,20,21,23). The Labute approximate surface area is 155 Å². The van der Waals surface area contributed by atoms with Gasteiger partial charge >= 0.3 is 0 Å². The van der Waals surface area contributed by atoms with Crippen LogP contribution in [-0.2, 0) is 14.3 Å². The average molecular weight is 379 g/mol. The van der Waals surface area contributed by atoms with Crippen LogP contribution in [0.25, 0.3) is 10.2 Å². The van der Waals surface area contributed by atoms with Crippen molar-refractivity contribution >= 4 is 32.6 Å². The summed E-state index contributed by atoms with van der Waals surface area (Å²) in [6.45, 7) is 2.55. The number of hydrogen-bond donors (Lipinski definition) is 1. The first-order chi connectivity index (χ1) is 12.6. The van der Waals surface area contributed by atoms with Crippen molar-refractivity contribution in [2.24, 2.45) is 0 Å². The first kappa shape index (κ1) is 17.8. The molecule has 0 saturated carbocycles. The zero-order valence-corrected chi connectivity index (χ0v) is 15.5. The Morgan fingerprint density at radius 3 is 3.19 bits per heavy atom. The Bertz CT molecular complexity index is 806. The third-order valence-electron chi connectivity index (χ3n) is 5.24. The number of amides is 1. The second-order valence-electron chi connectivity index (χ2n) is 6.91. The topological polar surface area (TPSA) is 63.7 Å². The van der Waals surface area contributed by atoms with Crippen LogP contribution in [0, 0.1) is 5.82 Å². The summed E-state index contributed by atoms with van der Waals surface area (Å²) in [5, 5.41) is 3.32. The molecule has 1 aromatic carbocycles.